The Morgan fingerprint density at radius 1 is 1.24 bits per heavy atom. The van der Waals surface area contributed by atoms with Gasteiger partial charge in [-0.3, -0.25) is 4.79 Å². The van der Waals surface area contributed by atoms with Gasteiger partial charge in [0.15, 0.2) is 6.29 Å². The molecule has 2 saturated heterocycles. The van der Waals surface area contributed by atoms with Crippen LogP contribution >= 0.6 is 0 Å². The van der Waals surface area contributed by atoms with Crippen molar-refractivity contribution in [2.45, 2.75) is 38.9 Å². The van der Waals surface area contributed by atoms with Crippen LogP contribution in [-0.2, 0) is 20.7 Å². The summed E-state index contributed by atoms with van der Waals surface area (Å²) in [5.74, 6) is 2.15. The van der Waals surface area contributed by atoms with Crippen molar-refractivity contribution >= 4 is 5.91 Å². The summed E-state index contributed by atoms with van der Waals surface area (Å²) >= 11 is 0. The lowest BCUT2D eigenvalue weighted by Gasteiger charge is -2.34. The van der Waals surface area contributed by atoms with Gasteiger partial charge in [0.2, 0.25) is 17.6 Å². The summed E-state index contributed by atoms with van der Waals surface area (Å²) in [7, 11) is 0. The minimum atomic E-state index is -0.168. The van der Waals surface area contributed by atoms with Gasteiger partial charge in [-0.15, -0.1) is 0 Å². The van der Waals surface area contributed by atoms with Crippen LogP contribution in [0.15, 0.2) is 28.8 Å². The molecule has 3 heterocycles. The molecule has 1 unspecified atom stereocenters. The molecule has 0 aliphatic carbocycles. The molecular formula is C21H27N3O5. The minimum absolute atomic E-state index is 0.105. The summed E-state index contributed by atoms with van der Waals surface area (Å²) in [6.07, 6.45) is 2.62. The number of rotatable bonds is 7. The average molecular weight is 401 g/mol. The van der Waals surface area contributed by atoms with Crippen LogP contribution in [0.5, 0.6) is 5.75 Å². The lowest BCUT2D eigenvalue weighted by Crippen LogP contribution is -2.43. The summed E-state index contributed by atoms with van der Waals surface area (Å²) in [5, 5.41) is 4.03. The summed E-state index contributed by atoms with van der Waals surface area (Å²) in [6.45, 7) is 5.32. The molecule has 2 fully saturated rings. The quantitative estimate of drug-likeness (QED) is 0.705. The maximum atomic E-state index is 12.6. The second-order valence-corrected chi connectivity index (χ2v) is 7.32. The standard InChI is InChI=1S/C21H27N3O5/c1-2-26-17-7-5-15(6-8-17)20-22-18(29-23-20)9-10-19(25)24-11-3-4-16(14-24)21-27-12-13-28-21/h5-8,16,21H,2-4,9-14H2,1H3. The fraction of sp³-hybridized carbons (Fsp3) is 0.571. The lowest BCUT2D eigenvalue weighted by atomic mass is 9.97. The molecule has 2 aliphatic heterocycles. The number of ether oxygens (including phenoxy) is 3. The first-order valence-corrected chi connectivity index (χ1v) is 10.3. The molecule has 1 amide bonds. The number of nitrogens with zero attached hydrogens (tertiary/aromatic N) is 3. The van der Waals surface area contributed by atoms with E-state index in [9.17, 15) is 4.79 Å². The van der Waals surface area contributed by atoms with Crippen molar-refractivity contribution in [3.63, 3.8) is 0 Å². The molecule has 2 aromatic rings. The molecule has 1 aromatic carbocycles. The molecule has 0 N–H and O–H groups in total. The molecule has 29 heavy (non-hydrogen) atoms. The van der Waals surface area contributed by atoms with Crippen LogP contribution in [0.4, 0.5) is 0 Å². The fourth-order valence-electron chi connectivity index (χ4n) is 3.82. The van der Waals surface area contributed by atoms with E-state index in [1.165, 1.54) is 0 Å². The van der Waals surface area contributed by atoms with E-state index in [0.29, 0.717) is 50.9 Å². The van der Waals surface area contributed by atoms with Crippen LogP contribution < -0.4 is 4.74 Å². The van der Waals surface area contributed by atoms with Crippen molar-refractivity contribution in [1.29, 1.82) is 0 Å². The SMILES string of the molecule is CCOc1ccc(-c2noc(CCC(=O)N3CCCC(C4OCCO4)C3)n2)cc1. The van der Waals surface area contributed by atoms with Crippen molar-refractivity contribution in [3.05, 3.63) is 30.2 Å². The Bertz CT molecular complexity index is 801. The van der Waals surface area contributed by atoms with Crippen LogP contribution in [-0.4, -0.2) is 60.1 Å². The zero-order valence-electron chi connectivity index (χ0n) is 16.7. The third kappa shape index (κ3) is 4.94. The molecule has 0 spiro atoms. The van der Waals surface area contributed by atoms with E-state index in [1.54, 1.807) is 0 Å². The van der Waals surface area contributed by atoms with Crippen molar-refractivity contribution in [2.24, 2.45) is 5.92 Å². The number of hydrogen-bond donors (Lipinski definition) is 0. The zero-order valence-corrected chi connectivity index (χ0v) is 16.7. The number of carbonyl (C=O) groups is 1. The highest BCUT2D eigenvalue weighted by molar-refractivity contribution is 5.76. The second-order valence-electron chi connectivity index (χ2n) is 7.32. The number of carbonyl (C=O) groups excluding carboxylic acids is 1. The smallest absolute Gasteiger partial charge is 0.227 e. The van der Waals surface area contributed by atoms with Crippen molar-refractivity contribution < 1.29 is 23.5 Å². The van der Waals surface area contributed by atoms with E-state index in [2.05, 4.69) is 10.1 Å². The minimum Gasteiger partial charge on any atom is -0.494 e. The van der Waals surface area contributed by atoms with E-state index in [-0.39, 0.29) is 18.1 Å². The molecule has 8 nitrogen and oxygen atoms in total. The topological polar surface area (TPSA) is 86.9 Å². The Balaban J connectivity index is 1.29. The van der Waals surface area contributed by atoms with Gasteiger partial charge in [-0.25, -0.2) is 0 Å². The highest BCUT2D eigenvalue weighted by Gasteiger charge is 2.32. The molecule has 0 bridgehead atoms. The Hall–Kier alpha value is -2.45. The highest BCUT2D eigenvalue weighted by atomic mass is 16.7. The van der Waals surface area contributed by atoms with Crippen LogP contribution in [0.2, 0.25) is 0 Å². The fourth-order valence-corrected chi connectivity index (χ4v) is 3.82. The average Bonchev–Trinajstić information content (AvgIpc) is 3.45. The first-order chi connectivity index (χ1) is 14.2. The molecule has 8 heteroatoms. The van der Waals surface area contributed by atoms with Crippen molar-refractivity contribution in [3.8, 4) is 17.1 Å². The Labute approximate surface area is 170 Å². The number of amides is 1. The Morgan fingerprint density at radius 3 is 2.79 bits per heavy atom. The highest BCUT2D eigenvalue weighted by Crippen LogP contribution is 2.25. The van der Waals surface area contributed by atoms with E-state index in [0.717, 1.165) is 30.7 Å². The van der Waals surface area contributed by atoms with Gasteiger partial charge in [0.05, 0.1) is 19.8 Å². The van der Waals surface area contributed by atoms with E-state index < -0.39 is 0 Å². The van der Waals surface area contributed by atoms with Gasteiger partial charge in [0, 0.05) is 37.4 Å². The van der Waals surface area contributed by atoms with Gasteiger partial charge in [-0.2, -0.15) is 4.98 Å². The third-order valence-corrected chi connectivity index (χ3v) is 5.29. The summed E-state index contributed by atoms with van der Waals surface area (Å²) in [4.78, 5) is 19.0. The number of piperidine rings is 1. The number of hydrogen-bond acceptors (Lipinski definition) is 7. The monoisotopic (exact) mass is 401 g/mol. The van der Waals surface area contributed by atoms with Crippen molar-refractivity contribution in [2.75, 3.05) is 32.9 Å². The van der Waals surface area contributed by atoms with Crippen molar-refractivity contribution in [1.82, 2.24) is 15.0 Å². The predicted molar refractivity (Wildman–Crippen MR) is 104 cm³/mol. The van der Waals surface area contributed by atoms with Crippen LogP contribution in [0.1, 0.15) is 32.1 Å². The molecule has 0 saturated carbocycles. The van der Waals surface area contributed by atoms with Crippen LogP contribution in [0.25, 0.3) is 11.4 Å². The largest absolute Gasteiger partial charge is 0.494 e. The van der Waals surface area contributed by atoms with Crippen LogP contribution in [0, 0.1) is 5.92 Å². The normalized spacial score (nSPS) is 20.2. The van der Waals surface area contributed by atoms with E-state index >= 15 is 0 Å². The second kappa shape index (κ2) is 9.37. The summed E-state index contributed by atoms with van der Waals surface area (Å²) in [6, 6.07) is 7.55. The third-order valence-electron chi connectivity index (χ3n) is 5.29. The number of likely N-dealkylation sites (tertiary alicyclic amines) is 1. The van der Waals surface area contributed by atoms with E-state index in [1.807, 2.05) is 36.1 Å². The van der Waals surface area contributed by atoms with Gasteiger partial charge >= 0.3 is 0 Å². The maximum absolute atomic E-state index is 12.6. The predicted octanol–water partition coefficient (Wildman–Crippen LogP) is 2.68. The first-order valence-electron chi connectivity index (χ1n) is 10.3. The van der Waals surface area contributed by atoms with Gasteiger partial charge in [0.1, 0.15) is 5.75 Å². The summed E-state index contributed by atoms with van der Waals surface area (Å²) in [5.41, 5.74) is 0.852. The first kappa shape index (κ1) is 19.8. The molecule has 2 aliphatic rings. The zero-order chi connectivity index (χ0) is 20.1. The molecule has 156 valence electrons. The molecule has 1 aromatic heterocycles. The van der Waals surface area contributed by atoms with Gasteiger partial charge in [0.25, 0.3) is 0 Å². The molecular weight excluding hydrogens is 374 g/mol. The molecule has 1 atom stereocenters. The Kier molecular flexibility index (Phi) is 6.41. The number of aryl methyl sites for hydroxylation is 1. The Morgan fingerprint density at radius 2 is 2.03 bits per heavy atom. The van der Waals surface area contributed by atoms with Gasteiger partial charge < -0.3 is 23.6 Å². The molecule has 4 rings (SSSR count). The van der Waals surface area contributed by atoms with Gasteiger partial charge in [-0.1, -0.05) is 5.16 Å². The maximum Gasteiger partial charge on any atom is 0.227 e. The lowest BCUT2D eigenvalue weighted by molar-refractivity contribution is -0.139. The van der Waals surface area contributed by atoms with E-state index in [4.69, 9.17) is 18.7 Å². The molecule has 0 radical (unpaired) electrons. The number of benzene rings is 1. The van der Waals surface area contributed by atoms with Crippen LogP contribution in [0.3, 0.4) is 0 Å². The van der Waals surface area contributed by atoms with Gasteiger partial charge in [-0.05, 0) is 44.0 Å². The summed E-state index contributed by atoms with van der Waals surface area (Å²) < 4.78 is 22.0. The number of aromatic nitrogens is 2.